The van der Waals surface area contributed by atoms with Gasteiger partial charge in [0, 0.05) is 22.9 Å². The predicted molar refractivity (Wildman–Crippen MR) is 78.7 cm³/mol. The van der Waals surface area contributed by atoms with Crippen molar-refractivity contribution in [2.75, 3.05) is 19.7 Å². The van der Waals surface area contributed by atoms with Crippen molar-refractivity contribution in [3.63, 3.8) is 0 Å². The lowest BCUT2D eigenvalue weighted by Crippen LogP contribution is -2.49. The van der Waals surface area contributed by atoms with E-state index in [0.717, 1.165) is 37.3 Å². The van der Waals surface area contributed by atoms with Gasteiger partial charge in [-0.3, -0.25) is 4.90 Å². The maximum absolute atomic E-state index is 9.92. The summed E-state index contributed by atoms with van der Waals surface area (Å²) in [4.78, 5) is 2.50. The summed E-state index contributed by atoms with van der Waals surface area (Å²) in [5.74, 6) is 1.11. The highest BCUT2D eigenvalue weighted by atomic mass is 16.3. The highest BCUT2D eigenvalue weighted by molar-refractivity contribution is 5.82. The molecule has 0 amide bonds. The molecule has 0 aliphatic carbocycles. The fourth-order valence-corrected chi connectivity index (χ4v) is 4.13. The Labute approximate surface area is 119 Å². The highest BCUT2D eigenvalue weighted by Gasteiger charge is 2.46. The van der Waals surface area contributed by atoms with E-state index in [-0.39, 0.29) is 18.1 Å². The van der Waals surface area contributed by atoms with Gasteiger partial charge < -0.3 is 9.52 Å². The fourth-order valence-electron chi connectivity index (χ4n) is 4.13. The molecule has 3 heterocycles. The molecule has 0 unspecified atom stereocenters. The summed E-state index contributed by atoms with van der Waals surface area (Å²) in [7, 11) is 0. The Balaban J connectivity index is 1.91. The molecule has 20 heavy (non-hydrogen) atoms. The van der Waals surface area contributed by atoms with E-state index >= 15 is 0 Å². The van der Waals surface area contributed by atoms with E-state index in [0.29, 0.717) is 0 Å². The Morgan fingerprint density at radius 3 is 3.05 bits per heavy atom. The maximum atomic E-state index is 9.92. The lowest BCUT2D eigenvalue weighted by Gasteiger charge is -2.48. The third-order valence-electron chi connectivity index (χ3n) is 5.21. The van der Waals surface area contributed by atoms with Gasteiger partial charge in [-0.1, -0.05) is 25.1 Å². The Hall–Kier alpha value is -1.32. The molecule has 3 heteroatoms. The standard InChI is InChI=1S/C17H21NO2/c1-17(11-19)8-4-9-18-10-7-13-12-5-2-3-6-14(12)20-15(13)16(17)18/h2-3,5-6,16,19H,4,7-11H2,1H3/t16-,17-/m0/s1. The summed E-state index contributed by atoms with van der Waals surface area (Å²) in [5, 5.41) is 11.2. The molecule has 0 bridgehead atoms. The van der Waals surface area contributed by atoms with E-state index in [2.05, 4.69) is 30.0 Å². The number of fused-ring (bicyclic) bond motifs is 5. The summed E-state index contributed by atoms with van der Waals surface area (Å²) in [5.41, 5.74) is 2.27. The van der Waals surface area contributed by atoms with E-state index in [9.17, 15) is 5.11 Å². The summed E-state index contributed by atoms with van der Waals surface area (Å²) in [6.07, 6.45) is 3.30. The van der Waals surface area contributed by atoms with Crippen molar-refractivity contribution in [2.45, 2.75) is 32.2 Å². The Morgan fingerprint density at radius 2 is 2.20 bits per heavy atom. The molecule has 4 rings (SSSR count). The minimum absolute atomic E-state index is 0.0820. The summed E-state index contributed by atoms with van der Waals surface area (Å²) < 4.78 is 6.20. The van der Waals surface area contributed by atoms with E-state index in [4.69, 9.17) is 4.42 Å². The van der Waals surface area contributed by atoms with Crippen LogP contribution in [0.4, 0.5) is 0 Å². The minimum Gasteiger partial charge on any atom is -0.459 e. The normalized spacial score (nSPS) is 30.2. The smallest absolute Gasteiger partial charge is 0.134 e. The van der Waals surface area contributed by atoms with Crippen LogP contribution in [0.15, 0.2) is 28.7 Å². The average molecular weight is 271 g/mol. The summed E-state index contributed by atoms with van der Waals surface area (Å²) in [6, 6.07) is 8.55. The van der Waals surface area contributed by atoms with E-state index in [1.54, 1.807) is 0 Å². The van der Waals surface area contributed by atoms with Gasteiger partial charge in [-0.15, -0.1) is 0 Å². The first-order valence-electron chi connectivity index (χ1n) is 7.58. The van der Waals surface area contributed by atoms with Gasteiger partial charge in [0.1, 0.15) is 11.3 Å². The topological polar surface area (TPSA) is 36.6 Å². The molecule has 1 aromatic carbocycles. The lowest BCUT2D eigenvalue weighted by atomic mass is 9.72. The van der Waals surface area contributed by atoms with Gasteiger partial charge in [0.2, 0.25) is 0 Å². The van der Waals surface area contributed by atoms with Crippen molar-refractivity contribution in [3.8, 4) is 0 Å². The van der Waals surface area contributed by atoms with Crippen molar-refractivity contribution in [1.29, 1.82) is 0 Å². The molecule has 2 aliphatic rings. The van der Waals surface area contributed by atoms with Crippen LogP contribution in [0.2, 0.25) is 0 Å². The number of piperidine rings is 1. The number of aliphatic hydroxyl groups excluding tert-OH is 1. The molecule has 0 saturated carbocycles. The lowest BCUT2D eigenvalue weighted by molar-refractivity contribution is -0.0309. The zero-order chi connectivity index (χ0) is 13.7. The number of nitrogens with zero attached hydrogens (tertiary/aromatic N) is 1. The van der Waals surface area contributed by atoms with Crippen LogP contribution in [0.5, 0.6) is 0 Å². The maximum Gasteiger partial charge on any atom is 0.134 e. The van der Waals surface area contributed by atoms with Gasteiger partial charge in [0.05, 0.1) is 12.6 Å². The number of hydrogen-bond donors (Lipinski definition) is 1. The number of rotatable bonds is 1. The summed E-state index contributed by atoms with van der Waals surface area (Å²) >= 11 is 0. The molecule has 0 radical (unpaired) electrons. The second-order valence-electron chi connectivity index (χ2n) is 6.55. The van der Waals surface area contributed by atoms with E-state index < -0.39 is 0 Å². The fraction of sp³-hybridized carbons (Fsp3) is 0.529. The number of hydrogen-bond acceptors (Lipinski definition) is 3. The van der Waals surface area contributed by atoms with Crippen LogP contribution < -0.4 is 0 Å². The first-order valence-corrected chi connectivity index (χ1v) is 7.58. The zero-order valence-electron chi connectivity index (χ0n) is 11.9. The monoisotopic (exact) mass is 271 g/mol. The second kappa shape index (κ2) is 4.34. The third kappa shape index (κ3) is 1.60. The van der Waals surface area contributed by atoms with Gasteiger partial charge >= 0.3 is 0 Å². The number of para-hydroxylation sites is 1. The SMILES string of the molecule is C[C@@]1(CO)CCCN2CCc3c(oc4ccccc34)[C@H]21. The minimum atomic E-state index is -0.0820. The molecule has 1 saturated heterocycles. The number of furan rings is 1. The van der Waals surface area contributed by atoms with Crippen molar-refractivity contribution in [2.24, 2.45) is 5.41 Å². The van der Waals surface area contributed by atoms with Gasteiger partial charge in [-0.05, 0) is 31.9 Å². The first kappa shape index (κ1) is 12.4. The van der Waals surface area contributed by atoms with Gasteiger partial charge in [0.25, 0.3) is 0 Å². The number of benzene rings is 1. The molecule has 0 spiro atoms. The van der Waals surface area contributed by atoms with Crippen LogP contribution in [-0.2, 0) is 6.42 Å². The Kier molecular flexibility index (Phi) is 2.69. The van der Waals surface area contributed by atoms with E-state index in [1.165, 1.54) is 17.4 Å². The quantitative estimate of drug-likeness (QED) is 0.865. The molecule has 106 valence electrons. The van der Waals surface area contributed by atoms with Crippen molar-refractivity contribution < 1.29 is 9.52 Å². The van der Waals surface area contributed by atoms with Gasteiger partial charge in [-0.25, -0.2) is 0 Å². The molecule has 1 fully saturated rings. The molecule has 1 aromatic heterocycles. The van der Waals surface area contributed by atoms with E-state index in [1.807, 2.05) is 6.07 Å². The van der Waals surface area contributed by atoms with Gasteiger partial charge in [-0.2, -0.15) is 0 Å². The molecule has 2 atom stereocenters. The van der Waals surface area contributed by atoms with Crippen LogP contribution in [0, 0.1) is 5.41 Å². The number of aliphatic hydroxyl groups is 1. The molecule has 2 aromatic rings. The summed E-state index contributed by atoms with van der Waals surface area (Å²) in [6.45, 7) is 4.63. The molecular weight excluding hydrogens is 250 g/mol. The van der Waals surface area contributed by atoms with Crippen LogP contribution in [0.3, 0.4) is 0 Å². The Bertz CT molecular complexity index is 647. The van der Waals surface area contributed by atoms with Crippen LogP contribution >= 0.6 is 0 Å². The first-order chi connectivity index (χ1) is 9.73. The van der Waals surface area contributed by atoms with Crippen LogP contribution in [0.25, 0.3) is 11.0 Å². The molecule has 2 aliphatic heterocycles. The van der Waals surface area contributed by atoms with Crippen LogP contribution in [0.1, 0.15) is 37.1 Å². The second-order valence-corrected chi connectivity index (χ2v) is 6.55. The average Bonchev–Trinajstić information content (AvgIpc) is 2.85. The molecule has 1 N–H and O–H groups in total. The van der Waals surface area contributed by atoms with Crippen molar-refractivity contribution >= 4 is 11.0 Å². The molecular formula is C17H21NO2. The van der Waals surface area contributed by atoms with Gasteiger partial charge in [0.15, 0.2) is 0 Å². The predicted octanol–water partition coefficient (Wildman–Crippen LogP) is 3.12. The van der Waals surface area contributed by atoms with Crippen molar-refractivity contribution in [1.82, 2.24) is 4.90 Å². The Morgan fingerprint density at radius 1 is 1.35 bits per heavy atom. The van der Waals surface area contributed by atoms with Crippen LogP contribution in [-0.4, -0.2) is 29.7 Å². The highest BCUT2D eigenvalue weighted by Crippen LogP contribution is 2.50. The van der Waals surface area contributed by atoms with Crippen molar-refractivity contribution in [3.05, 3.63) is 35.6 Å². The zero-order valence-corrected chi connectivity index (χ0v) is 11.9. The molecule has 3 nitrogen and oxygen atoms in total. The third-order valence-corrected chi connectivity index (χ3v) is 5.21. The largest absolute Gasteiger partial charge is 0.459 e.